The third-order valence-electron chi connectivity index (χ3n) is 5.70. The van der Waals surface area contributed by atoms with E-state index in [1.807, 2.05) is 29.2 Å². The number of halogens is 1. The van der Waals surface area contributed by atoms with E-state index in [0.717, 1.165) is 30.6 Å². The summed E-state index contributed by atoms with van der Waals surface area (Å²) in [6, 6.07) is 13.0. The summed E-state index contributed by atoms with van der Waals surface area (Å²) < 4.78 is 5.21. The predicted molar refractivity (Wildman–Crippen MR) is 124 cm³/mol. The summed E-state index contributed by atoms with van der Waals surface area (Å²) in [7, 11) is 1.61. The molecule has 3 rings (SSSR count). The first kappa shape index (κ1) is 22.9. The van der Waals surface area contributed by atoms with E-state index in [9.17, 15) is 9.59 Å². The van der Waals surface area contributed by atoms with E-state index in [1.54, 1.807) is 25.3 Å². The minimum absolute atomic E-state index is 0.0526. The van der Waals surface area contributed by atoms with Crippen molar-refractivity contribution < 1.29 is 14.3 Å². The molecule has 1 fully saturated rings. The summed E-state index contributed by atoms with van der Waals surface area (Å²) >= 11 is 6.19. The van der Waals surface area contributed by atoms with Gasteiger partial charge in [0, 0.05) is 29.3 Å². The van der Waals surface area contributed by atoms with Crippen LogP contribution < -0.4 is 15.4 Å². The highest BCUT2D eigenvalue weighted by molar-refractivity contribution is 6.31. The monoisotopic (exact) mass is 443 g/mol. The molecule has 1 saturated heterocycles. The number of piperidine rings is 1. The normalized spacial score (nSPS) is 18.4. The van der Waals surface area contributed by atoms with E-state index in [1.165, 1.54) is 0 Å². The lowest BCUT2D eigenvalue weighted by Crippen LogP contribution is -2.47. The molecule has 2 aromatic carbocycles. The van der Waals surface area contributed by atoms with E-state index in [-0.39, 0.29) is 30.4 Å². The van der Waals surface area contributed by atoms with Gasteiger partial charge in [0.15, 0.2) is 0 Å². The Morgan fingerprint density at radius 2 is 1.87 bits per heavy atom. The molecule has 0 spiro atoms. The zero-order chi connectivity index (χ0) is 22.4. The number of hydrogen-bond donors (Lipinski definition) is 2. The zero-order valence-electron chi connectivity index (χ0n) is 18.3. The molecule has 2 amide bonds. The van der Waals surface area contributed by atoms with Gasteiger partial charge >= 0.3 is 0 Å². The van der Waals surface area contributed by atoms with Crippen LogP contribution >= 0.6 is 11.6 Å². The highest BCUT2D eigenvalue weighted by Crippen LogP contribution is 2.28. The molecule has 2 atom stereocenters. The number of likely N-dealkylation sites (tertiary alicyclic amines) is 1. The second-order valence-corrected chi connectivity index (χ2v) is 8.45. The second-order valence-electron chi connectivity index (χ2n) is 8.01. The number of hydrogen-bond acceptors (Lipinski definition) is 4. The summed E-state index contributed by atoms with van der Waals surface area (Å²) in [6.45, 7) is 4.61. The number of amides is 2. The average Bonchev–Trinajstić information content (AvgIpc) is 2.76. The van der Waals surface area contributed by atoms with Gasteiger partial charge in [-0.05, 0) is 69.0 Å². The number of benzene rings is 2. The van der Waals surface area contributed by atoms with E-state index < -0.39 is 0 Å². The van der Waals surface area contributed by atoms with Crippen LogP contribution in [0.3, 0.4) is 0 Å². The molecule has 166 valence electrons. The van der Waals surface area contributed by atoms with Gasteiger partial charge in [-0.25, -0.2) is 0 Å². The summed E-state index contributed by atoms with van der Waals surface area (Å²) in [6.07, 6.45) is 3.11. The van der Waals surface area contributed by atoms with Gasteiger partial charge in [0.2, 0.25) is 5.91 Å². The van der Waals surface area contributed by atoms with Crippen LogP contribution in [0.2, 0.25) is 5.02 Å². The molecule has 2 unspecified atom stereocenters. The lowest BCUT2D eigenvalue weighted by atomic mass is 9.96. The summed E-state index contributed by atoms with van der Waals surface area (Å²) in [5.41, 5.74) is 2.05. The number of nitrogens with zero attached hydrogens (tertiary/aromatic N) is 1. The standard InChI is InChI=1S/C24H30ClN3O3/c1-16-6-4-7-17(2)28(16)24(30)21-13-19(25)10-11-22(21)26-15-23(29)27-14-18-8-5-9-20(12-18)31-3/h5,8-13,16-17,26H,4,6-7,14-15H2,1-3H3,(H,27,29). The van der Waals surface area contributed by atoms with Gasteiger partial charge in [0.05, 0.1) is 19.2 Å². The molecule has 7 heteroatoms. The van der Waals surface area contributed by atoms with Crippen molar-refractivity contribution in [3.63, 3.8) is 0 Å². The van der Waals surface area contributed by atoms with Crippen molar-refractivity contribution >= 4 is 29.1 Å². The molecule has 1 heterocycles. The van der Waals surface area contributed by atoms with Crippen molar-refractivity contribution in [3.05, 3.63) is 58.6 Å². The second kappa shape index (κ2) is 10.5. The van der Waals surface area contributed by atoms with E-state index in [2.05, 4.69) is 24.5 Å². The predicted octanol–water partition coefficient (Wildman–Crippen LogP) is 4.48. The lowest BCUT2D eigenvalue weighted by molar-refractivity contribution is -0.119. The van der Waals surface area contributed by atoms with Crippen LogP contribution in [0.15, 0.2) is 42.5 Å². The Morgan fingerprint density at radius 1 is 1.13 bits per heavy atom. The van der Waals surface area contributed by atoms with E-state index in [0.29, 0.717) is 22.8 Å². The maximum Gasteiger partial charge on any atom is 0.256 e. The SMILES string of the molecule is COc1cccc(CNC(=O)CNc2ccc(Cl)cc2C(=O)N2C(C)CCCC2C)c1. The molecular weight excluding hydrogens is 414 g/mol. The molecule has 0 bridgehead atoms. The highest BCUT2D eigenvalue weighted by Gasteiger charge is 2.31. The van der Waals surface area contributed by atoms with Gasteiger partial charge in [-0.2, -0.15) is 0 Å². The minimum atomic E-state index is -0.170. The van der Waals surface area contributed by atoms with Crippen LogP contribution in [0.4, 0.5) is 5.69 Å². The number of carbonyl (C=O) groups is 2. The molecule has 1 aliphatic rings. The molecule has 0 aliphatic carbocycles. The Bertz CT molecular complexity index is 924. The largest absolute Gasteiger partial charge is 0.497 e. The van der Waals surface area contributed by atoms with Crippen molar-refractivity contribution in [1.29, 1.82) is 0 Å². The fraction of sp³-hybridized carbons (Fsp3) is 0.417. The van der Waals surface area contributed by atoms with Crippen LogP contribution in [0.1, 0.15) is 49.0 Å². The molecule has 2 N–H and O–H groups in total. The number of anilines is 1. The topological polar surface area (TPSA) is 70.7 Å². The first-order valence-electron chi connectivity index (χ1n) is 10.6. The Kier molecular flexibility index (Phi) is 7.80. The van der Waals surface area contributed by atoms with Crippen molar-refractivity contribution in [2.45, 2.75) is 51.7 Å². The zero-order valence-corrected chi connectivity index (χ0v) is 19.0. The molecular formula is C24H30ClN3O3. The molecule has 0 radical (unpaired) electrons. The maximum atomic E-state index is 13.3. The number of carbonyl (C=O) groups excluding carboxylic acids is 2. The van der Waals surface area contributed by atoms with Gasteiger partial charge in [-0.1, -0.05) is 23.7 Å². The van der Waals surface area contributed by atoms with Crippen molar-refractivity contribution in [1.82, 2.24) is 10.2 Å². The summed E-state index contributed by atoms with van der Waals surface area (Å²) in [5.74, 6) is 0.521. The van der Waals surface area contributed by atoms with Gasteiger partial charge < -0.3 is 20.3 Å². The molecule has 0 aromatic heterocycles. The number of methoxy groups -OCH3 is 1. The minimum Gasteiger partial charge on any atom is -0.497 e. The summed E-state index contributed by atoms with van der Waals surface area (Å²) in [4.78, 5) is 27.6. The molecule has 6 nitrogen and oxygen atoms in total. The third kappa shape index (κ3) is 5.91. The van der Waals surface area contributed by atoms with Crippen molar-refractivity contribution in [2.75, 3.05) is 19.0 Å². The van der Waals surface area contributed by atoms with Crippen molar-refractivity contribution in [2.24, 2.45) is 0 Å². The summed E-state index contributed by atoms with van der Waals surface area (Å²) in [5, 5.41) is 6.48. The van der Waals surface area contributed by atoms with Gasteiger partial charge in [0.25, 0.3) is 5.91 Å². The molecule has 1 aliphatic heterocycles. The van der Waals surface area contributed by atoms with Crippen molar-refractivity contribution in [3.8, 4) is 5.75 Å². The molecule has 2 aromatic rings. The first-order chi connectivity index (χ1) is 14.9. The smallest absolute Gasteiger partial charge is 0.256 e. The Hall–Kier alpha value is -2.73. The van der Waals surface area contributed by atoms with Crippen LogP contribution in [-0.2, 0) is 11.3 Å². The fourth-order valence-corrected chi connectivity index (χ4v) is 4.20. The lowest BCUT2D eigenvalue weighted by Gasteiger charge is -2.39. The molecule has 31 heavy (non-hydrogen) atoms. The number of rotatable bonds is 7. The molecule has 0 saturated carbocycles. The Labute approximate surface area is 188 Å². The van der Waals surface area contributed by atoms with Gasteiger partial charge in [0.1, 0.15) is 5.75 Å². The Balaban J connectivity index is 1.65. The fourth-order valence-electron chi connectivity index (χ4n) is 4.03. The number of ether oxygens (including phenoxy) is 1. The van der Waals surface area contributed by atoms with E-state index in [4.69, 9.17) is 16.3 Å². The van der Waals surface area contributed by atoms with Gasteiger partial charge in [-0.3, -0.25) is 9.59 Å². The number of nitrogens with one attached hydrogen (secondary N) is 2. The first-order valence-corrected chi connectivity index (χ1v) is 11.0. The average molecular weight is 444 g/mol. The Morgan fingerprint density at radius 3 is 2.58 bits per heavy atom. The van der Waals surface area contributed by atoms with Gasteiger partial charge in [-0.15, -0.1) is 0 Å². The third-order valence-corrected chi connectivity index (χ3v) is 5.94. The quantitative estimate of drug-likeness (QED) is 0.661. The van der Waals surface area contributed by atoms with E-state index >= 15 is 0 Å². The van der Waals surface area contributed by atoms with Crippen LogP contribution in [0, 0.1) is 0 Å². The van der Waals surface area contributed by atoms with Crippen LogP contribution in [-0.4, -0.2) is 42.5 Å². The van der Waals surface area contributed by atoms with Crippen LogP contribution in [0.25, 0.3) is 0 Å². The highest BCUT2D eigenvalue weighted by atomic mass is 35.5. The maximum absolute atomic E-state index is 13.3. The van der Waals surface area contributed by atoms with Crippen LogP contribution in [0.5, 0.6) is 5.75 Å².